The quantitative estimate of drug-likeness (QED) is 0.803. The molecule has 1 aromatic heterocycles. The van der Waals surface area contributed by atoms with Gasteiger partial charge in [-0.25, -0.2) is 0 Å². The van der Waals surface area contributed by atoms with Crippen LogP contribution in [0.5, 0.6) is 0 Å². The Balaban J connectivity index is 1.65. The first-order chi connectivity index (χ1) is 11.9. The van der Waals surface area contributed by atoms with Crippen molar-refractivity contribution in [1.82, 2.24) is 25.5 Å². The molecule has 0 radical (unpaired) electrons. The third-order valence-electron chi connectivity index (χ3n) is 4.75. The van der Waals surface area contributed by atoms with E-state index in [1.807, 2.05) is 6.07 Å². The number of tetrazole rings is 1. The lowest BCUT2D eigenvalue weighted by Gasteiger charge is -2.30. The van der Waals surface area contributed by atoms with Crippen LogP contribution in [0.25, 0.3) is 11.1 Å². The average molecular weight is 319 g/mol. The largest absolute Gasteiger partial charge is 0.316 e. The Hall–Kier alpha value is -2.53. The van der Waals surface area contributed by atoms with Gasteiger partial charge in [-0.1, -0.05) is 54.6 Å². The molecule has 0 saturated carbocycles. The van der Waals surface area contributed by atoms with Crippen LogP contribution in [-0.4, -0.2) is 33.3 Å². The second-order valence-corrected chi connectivity index (χ2v) is 6.30. The van der Waals surface area contributed by atoms with Crippen LogP contribution in [0.15, 0.2) is 60.9 Å². The molecule has 2 heterocycles. The van der Waals surface area contributed by atoms with Crippen LogP contribution in [-0.2, 0) is 0 Å². The van der Waals surface area contributed by atoms with Crippen molar-refractivity contribution in [3.63, 3.8) is 0 Å². The van der Waals surface area contributed by atoms with Crippen molar-refractivity contribution in [1.29, 1.82) is 0 Å². The lowest BCUT2D eigenvalue weighted by Crippen LogP contribution is -2.36. The number of benzene rings is 2. The van der Waals surface area contributed by atoms with Gasteiger partial charge in [0.1, 0.15) is 6.04 Å². The van der Waals surface area contributed by atoms with Crippen LogP contribution in [0.3, 0.4) is 0 Å². The van der Waals surface area contributed by atoms with Gasteiger partial charge in [0.15, 0.2) is 6.33 Å². The van der Waals surface area contributed by atoms with Crippen LogP contribution < -0.4 is 5.32 Å². The summed E-state index contributed by atoms with van der Waals surface area (Å²) in [6.45, 7) is 2.09. The van der Waals surface area contributed by atoms with Crippen molar-refractivity contribution in [2.75, 3.05) is 13.1 Å². The molecule has 24 heavy (non-hydrogen) atoms. The van der Waals surface area contributed by atoms with E-state index < -0.39 is 0 Å². The molecule has 1 aliphatic rings. The van der Waals surface area contributed by atoms with E-state index in [-0.39, 0.29) is 6.04 Å². The molecule has 5 heteroatoms. The molecule has 5 nitrogen and oxygen atoms in total. The van der Waals surface area contributed by atoms with Crippen LogP contribution in [0.2, 0.25) is 0 Å². The number of nitrogens with one attached hydrogen (secondary N) is 1. The number of aromatic nitrogens is 4. The third kappa shape index (κ3) is 3.08. The zero-order valence-electron chi connectivity index (χ0n) is 13.5. The van der Waals surface area contributed by atoms with Crippen molar-refractivity contribution in [2.24, 2.45) is 5.92 Å². The summed E-state index contributed by atoms with van der Waals surface area (Å²) in [6, 6.07) is 19.3. The fraction of sp³-hybridized carbons (Fsp3) is 0.316. The predicted octanol–water partition coefficient (Wildman–Crippen LogP) is 2.93. The molecule has 0 spiro atoms. The minimum atomic E-state index is 0.130. The Morgan fingerprint density at radius 3 is 2.46 bits per heavy atom. The number of hydrogen-bond donors (Lipinski definition) is 1. The van der Waals surface area contributed by atoms with Crippen molar-refractivity contribution < 1.29 is 0 Å². The standard InChI is InChI=1S/C19H21N5/c1-2-5-15(6-3-1)16-8-10-17(11-9-16)19(24-22-14-21-23-24)18-7-4-12-20-13-18/h1-3,5-6,8-11,14,18-20H,4,7,12-13H2. The molecular formula is C19H21N5. The van der Waals surface area contributed by atoms with E-state index in [1.165, 1.54) is 35.9 Å². The Kier molecular flexibility index (Phi) is 4.34. The maximum atomic E-state index is 4.32. The highest BCUT2D eigenvalue weighted by molar-refractivity contribution is 5.63. The molecule has 2 unspecified atom stereocenters. The van der Waals surface area contributed by atoms with E-state index in [4.69, 9.17) is 0 Å². The molecule has 2 aromatic carbocycles. The molecule has 0 aliphatic carbocycles. The Labute approximate surface area is 141 Å². The summed E-state index contributed by atoms with van der Waals surface area (Å²) >= 11 is 0. The van der Waals surface area contributed by atoms with Crippen LogP contribution in [0.1, 0.15) is 24.4 Å². The fourth-order valence-corrected chi connectivity index (χ4v) is 3.55. The van der Waals surface area contributed by atoms with Gasteiger partial charge in [0.25, 0.3) is 0 Å². The average Bonchev–Trinajstić information content (AvgIpc) is 3.18. The van der Waals surface area contributed by atoms with Gasteiger partial charge in [0.2, 0.25) is 0 Å². The molecule has 1 aliphatic heterocycles. The summed E-state index contributed by atoms with van der Waals surface area (Å²) in [5, 5.41) is 15.9. The van der Waals surface area contributed by atoms with Gasteiger partial charge in [0, 0.05) is 6.54 Å². The van der Waals surface area contributed by atoms with Gasteiger partial charge < -0.3 is 5.32 Å². The third-order valence-corrected chi connectivity index (χ3v) is 4.75. The first kappa shape index (κ1) is 15.0. The second kappa shape index (κ2) is 6.93. The number of rotatable bonds is 4. The predicted molar refractivity (Wildman–Crippen MR) is 93.4 cm³/mol. The summed E-state index contributed by atoms with van der Waals surface area (Å²) < 4.78 is 0. The molecule has 1 fully saturated rings. The van der Waals surface area contributed by atoms with Crippen LogP contribution in [0, 0.1) is 5.92 Å². The lowest BCUT2D eigenvalue weighted by molar-refractivity contribution is 0.261. The second-order valence-electron chi connectivity index (χ2n) is 6.30. The minimum absolute atomic E-state index is 0.130. The van der Waals surface area contributed by atoms with Gasteiger partial charge in [-0.05, 0) is 47.2 Å². The highest BCUT2D eigenvalue weighted by Crippen LogP contribution is 2.31. The first-order valence-electron chi connectivity index (χ1n) is 8.50. The normalized spacial score (nSPS) is 19.1. The molecule has 4 rings (SSSR count). The number of hydrogen-bond acceptors (Lipinski definition) is 4. The summed E-state index contributed by atoms with van der Waals surface area (Å²) in [5.41, 5.74) is 3.70. The monoisotopic (exact) mass is 319 g/mol. The van der Waals surface area contributed by atoms with Gasteiger partial charge in [-0.3, -0.25) is 0 Å². The summed E-state index contributed by atoms with van der Waals surface area (Å²) in [6.07, 6.45) is 3.89. The van der Waals surface area contributed by atoms with E-state index in [9.17, 15) is 0 Å². The van der Waals surface area contributed by atoms with E-state index in [0.29, 0.717) is 5.92 Å². The molecule has 1 N–H and O–H groups in total. The maximum Gasteiger partial charge on any atom is 0.162 e. The highest BCUT2D eigenvalue weighted by Gasteiger charge is 2.28. The highest BCUT2D eigenvalue weighted by atomic mass is 15.6. The molecule has 122 valence electrons. The minimum Gasteiger partial charge on any atom is -0.316 e. The zero-order valence-corrected chi connectivity index (χ0v) is 13.5. The maximum absolute atomic E-state index is 4.32. The summed E-state index contributed by atoms with van der Waals surface area (Å²) in [4.78, 5) is 1.76. The van der Waals surface area contributed by atoms with E-state index >= 15 is 0 Å². The van der Waals surface area contributed by atoms with Gasteiger partial charge in [0.05, 0.1) is 0 Å². The summed E-state index contributed by atoms with van der Waals surface area (Å²) in [7, 11) is 0. The Morgan fingerprint density at radius 2 is 1.79 bits per heavy atom. The Bertz CT molecular complexity index is 746. The zero-order chi connectivity index (χ0) is 16.2. The molecule has 0 bridgehead atoms. The molecule has 3 aromatic rings. The smallest absolute Gasteiger partial charge is 0.162 e. The van der Waals surface area contributed by atoms with Gasteiger partial charge in [-0.15, -0.1) is 10.2 Å². The SMILES string of the molecule is c1ccc(-c2ccc(C(C3CCCNC3)n3ncnn3)cc2)cc1. The Morgan fingerprint density at radius 1 is 1.00 bits per heavy atom. The van der Waals surface area contributed by atoms with E-state index in [0.717, 1.165) is 13.1 Å². The van der Waals surface area contributed by atoms with Crippen molar-refractivity contribution >= 4 is 0 Å². The van der Waals surface area contributed by atoms with Crippen LogP contribution in [0.4, 0.5) is 0 Å². The molecular weight excluding hydrogens is 298 g/mol. The molecule has 1 saturated heterocycles. The van der Waals surface area contributed by atoms with E-state index in [2.05, 4.69) is 69.3 Å². The topological polar surface area (TPSA) is 55.6 Å². The number of nitrogens with zero attached hydrogens (tertiary/aromatic N) is 4. The van der Waals surface area contributed by atoms with Gasteiger partial charge in [-0.2, -0.15) is 4.80 Å². The summed E-state index contributed by atoms with van der Waals surface area (Å²) in [5.74, 6) is 0.482. The first-order valence-corrected chi connectivity index (χ1v) is 8.50. The van der Waals surface area contributed by atoms with Gasteiger partial charge >= 0.3 is 0 Å². The van der Waals surface area contributed by atoms with Crippen LogP contribution >= 0.6 is 0 Å². The van der Waals surface area contributed by atoms with Crippen molar-refractivity contribution in [3.05, 3.63) is 66.5 Å². The number of piperidine rings is 1. The molecule has 0 amide bonds. The fourth-order valence-electron chi connectivity index (χ4n) is 3.55. The molecule has 2 atom stereocenters. The van der Waals surface area contributed by atoms with Crippen molar-refractivity contribution in [2.45, 2.75) is 18.9 Å². The lowest BCUT2D eigenvalue weighted by atomic mass is 9.87. The van der Waals surface area contributed by atoms with E-state index in [1.54, 1.807) is 4.80 Å². The van der Waals surface area contributed by atoms with Crippen molar-refractivity contribution in [3.8, 4) is 11.1 Å².